The fraction of sp³-hybridized carbons (Fsp3) is 0.357. The number of hydrogen-bond donors (Lipinski definition) is 1. The molecular weight excluding hydrogens is 269 g/mol. The molecule has 1 fully saturated rings. The van der Waals surface area contributed by atoms with Gasteiger partial charge in [0.1, 0.15) is 5.82 Å². The van der Waals surface area contributed by atoms with E-state index in [1.807, 2.05) is 0 Å². The summed E-state index contributed by atoms with van der Waals surface area (Å²) >= 11 is 5.72. The number of benzene rings is 1. The van der Waals surface area contributed by atoms with Crippen LogP contribution in [-0.2, 0) is 11.3 Å². The van der Waals surface area contributed by atoms with E-state index in [2.05, 4.69) is 6.58 Å². The zero-order chi connectivity index (χ0) is 14.0. The molecule has 3 nitrogen and oxygen atoms in total. The minimum Gasteiger partial charge on any atom is -0.513 e. The van der Waals surface area contributed by atoms with Crippen molar-refractivity contribution in [2.75, 3.05) is 0 Å². The van der Waals surface area contributed by atoms with Gasteiger partial charge in [0.2, 0.25) is 5.91 Å². The summed E-state index contributed by atoms with van der Waals surface area (Å²) in [4.78, 5) is 13.4. The van der Waals surface area contributed by atoms with Crippen LogP contribution in [0.25, 0.3) is 0 Å². The molecule has 0 bridgehead atoms. The van der Waals surface area contributed by atoms with Crippen LogP contribution in [-0.4, -0.2) is 22.0 Å². The third-order valence-corrected chi connectivity index (χ3v) is 3.59. The molecule has 0 aromatic heterocycles. The highest BCUT2D eigenvalue weighted by Gasteiger charge is 2.31. The quantitative estimate of drug-likeness (QED) is 0.860. The molecule has 1 aliphatic rings. The molecule has 0 radical (unpaired) electrons. The summed E-state index contributed by atoms with van der Waals surface area (Å²) in [6.07, 6.45) is 1.40. The summed E-state index contributed by atoms with van der Waals surface area (Å²) < 4.78 is 13.8. The number of halogens is 2. The Morgan fingerprint density at radius 2 is 2.32 bits per heavy atom. The van der Waals surface area contributed by atoms with Crippen LogP contribution in [0.15, 0.2) is 30.5 Å². The minimum atomic E-state index is -0.495. The third-order valence-electron chi connectivity index (χ3n) is 3.30. The summed E-state index contributed by atoms with van der Waals surface area (Å²) in [6, 6.07) is 4.61. The van der Waals surface area contributed by atoms with E-state index in [0.29, 0.717) is 24.8 Å². The second kappa shape index (κ2) is 5.61. The lowest BCUT2D eigenvalue weighted by atomic mass is 10.1. The highest BCUT2D eigenvalue weighted by molar-refractivity contribution is 6.30. The van der Waals surface area contributed by atoms with Gasteiger partial charge in [0, 0.05) is 31.0 Å². The largest absolute Gasteiger partial charge is 0.513 e. The first-order valence-corrected chi connectivity index (χ1v) is 6.46. The Balaban J connectivity index is 2.17. The number of carbonyl (C=O) groups is 1. The zero-order valence-electron chi connectivity index (χ0n) is 10.4. The number of rotatable bonds is 4. The molecule has 19 heavy (non-hydrogen) atoms. The van der Waals surface area contributed by atoms with Gasteiger partial charge < -0.3 is 10.0 Å². The molecule has 1 saturated heterocycles. The molecule has 1 aromatic rings. The van der Waals surface area contributed by atoms with Crippen LogP contribution >= 0.6 is 11.6 Å². The second-order valence-electron chi connectivity index (χ2n) is 4.70. The molecular formula is C14H15ClFNO2. The van der Waals surface area contributed by atoms with Gasteiger partial charge in [0.05, 0.1) is 10.8 Å². The third kappa shape index (κ3) is 3.07. The van der Waals surface area contributed by atoms with Gasteiger partial charge in [-0.15, -0.1) is 0 Å². The maximum absolute atomic E-state index is 13.8. The van der Waals surface area contributed by atoms with Gasteiger partial charge in [-0.2, -0.15) is 0 Å². The number of amides is 1. The smallest absolute Gasteiger partial charge is 0.223 e. The molecule has 1 atom stereocenters. The fourth-order valence-corrected chi connectivity index (χ4v) is 2.54. The van der Waals surface area contributed by atoms with Crippen LogP contribution in [0.3, 0.4) is 0 Å². The Bertz CT molecular complexity index is 518. The Hall–Kier alpha value is -1.55. The minimum absolute atomic E-state index is 0.0365. The van der Waals surface area contributed by atoms with Crippen LogP contribution in [0.1, 0.15) is 24.8 Å². The summed E-state index contributed by atoms with van der Waals surface area (Å²) in [5, 5.41) is 9.30. The SMILES string of the molecule is C=C(O)CC1CCC(=O)N1Cc1cccc(Cl)c1F. The Labute approximate surface area is 116 Å². The van der Waals surface area contributed by atoms with E-state index in [0.717, 1.165) is 0 Å². The van der Waals surface area contributed by atoms with E-state index in [4.69, 9.17) is 11.6 Å². The lowest BCUT2D eigenvalue weighted by Gasteiger charge is -2.25. The standard InChI is InChI=1S/C14H15ClFNO2/c1-9(18)7-11-5-6-13(19)17(11)8-10-3-2-4-12(15)14(10)16/h2-4,11,18H,1,5-8H2. The summed E-state index contributed by atoms with van der Waals surface area (Å²) in [6.45, 7) is 3.61. The van der Waals surface area contributed by atoms with E-state index in [1.165, 1.54) is 6.07 Å². The van der Waals surface area contributed by atoms with Gasteiger partial charge in [0.25, 0.3) is 0 Å². The van der Waals surface area contributed by atoms with Crippen LogP contribution in [0, 0.1) is 5.82 Å². The number of aliphatic hydroxyl groups excluding tert-OH is 1. The van der Waals surface area contributed by atoms with Crippen molar-refractivity contribution in [3.63, 3.8) is 0 Å². The molecule has 5 heteroatoms. The monoisotopic (exact) mass is 283 g/mol. The first-order valence-electron chi connectivity index (χ1n) is 6.08. The van der Waals surface area contributed by atoms with Crippen molar-refractivity contribution >= 4 is 17.5 Å². The van der Waals surface area contributed by atoms with E-state index < -0.39 is 5.82 Å². The molecule has 1 heterocycles. The predicted molar refractivity (Wildman–Crippen MR) is 71.4 cm³/mol. The van der Waals surface area contributed by atoms with Gasteiger partial charge in [-0.1, -0.05) is 30.3 Å². The first-order chi connectivity index (χ1) is 8.99. The molecule has 1 N–H and O–H groups in total. The van der Waals surface area contributed by atoms with E-state index >= 15 is 0 Å². The molecule has 1 aliphatic heterocycles. The Kier molecular flexibility index (Phi) is 4.10. The van der Waals surface area contributed by atoms with Crippen molar-refractivity contribution in [2.24, 2.45) is 0 Å². The van der Waals surface area contributed by atoms with E-state index in [9.17, 15) is 14.3 Å². The first kappa shape index (κ1) is 13.9. The maximum atomic E-state index is 13.8. The lowest BCUT2D eigenvalue weighted by molar-refractivity contribution is -0.129. The number of carbonyl (C=O) groups excluding carboxylic acids is 1. The van der Waals surface area contributed by atoms with Crippen molar-refractivity contribution in [1.82, 2.24) is 4.90 Å². The molecule has 2 rings (SSSR count). The van der Waals surface area contributed by atoms with E-state index in [-0.39, 0.29) is 29.3 Å². The Morgan fingerprint density at radius 1 is 1.58 bits per heavy atom. The summed E-state index contributed by atoms with van der Waals surface area (Å²) in [5.41, 5.74) is 0.385. The van der Waals surface area contributed by atoms with Crippen molar-refractivity contribution in [3.05, 3.63) is 46.9 Å². The highest BCUT2D eigenvalue weighted by atomic mass is 35.5. The van der Waals surface area contributed by atoms with Crippen LogP contribution < -0.4 is 0 Å². The number of hydrogen-bond acceptors (Lipinski definition) is 2. The van der Waals surface area contributed by atoms with Gasteiger partial charge in [-0.25, -0.2) is 4.39 Å². The second-order valence-corrected chi connectivity index (χ2v) is 5.10. The van der Waals surface area contributed by atoms with Crippen LogP contribution in [0.5, 0.6) is 0 Å². The zero-order valence-corrected chi connectivity index (χ0v) is 11.2. The van der Waals surface area contributed by atoms with Crippen molar-refractivity contribution in [2.45, 2.75) is 31.8 Å². The molecule has 102 valence electrons. The summed E-state index contributed by atoms with van der Waals surface area (Å²) in [5.74, 6) is -0.493. The van der Waals surface area contributed by atoms with Gasteiger partial charge >= 0.3 is 0 Å². The van der Waals surface area contributed by atoms with E-state index in [1.54, 1.807) is 17.0 Å². The number of nitrogens with zero attached hydrogens (tertiary/aromatic N) is 1. The van der Waals surface area contributed by atoms with Crippen molar-refractivity contribution in [3.8, 4) is 0 Å². The summed E-state index contributed by atoms with van der Waals surface area (Å²) in [7, 11) is 0. The molecule has 0 aliphatic carbocycles. The maximum Gasteiger partial charge on any atom is 0.223 e. The van der Waals surface area contributed by atoms with Crippen molar-refractivity contribution < 1.29 is 14.3 Å². The average molecular weight is 284 g/mol. The predicted octanol–water partition coefficient (Wildman–Crippen LogP) is 3.43. The topological polar surface area (TPSA) is 40.5 Å². The molecule has 1 amide bonds. The normalized spacial score (nSPS) is 18.9. The van der Waals surface area contributed by atoms with Gasteiger partial charge in [0.15, 0.2) is 0 Å². The van der Waals surface area contributed by atoms with Gasteiger partial charge in [-0.05, 0) is 12.5 Å². The number of aliphatic hydroxyl groups is 1. The van der Waals surface area contributed by atoms with Crippen molar-refractivity contribution in [1.29, 1.82) is 0 Å². The van der Waals surface area contributed by atoms with Crippen LogP contribution in [0.4, 0.5) is 4.39 Å². The fourth-order valence-electron chi connectivity index (χ4n) is 2.35. The number of likely N-dealkylation sites (tertiary alicyclic amines) is 1. The Morgan fingerprint density at radius 3 is 3.00 bits per heavy atom. The average Bonchev–Trinajstić information content (AvgIpc) is 2.67. The molecule has 1 aromatic carbocycles. The molecule has 0 saturated carbocycles. The molecule has 1 unspecified atom stereocenters. The molecule has 0 spiro atoms. The lowest BCUT2D eigenvalue weighted by Crippen LogP contribution is -2.33. The van der Waals surface area contributed by atoms with Crippen LogP contribution in [0.2, 0.25) is 5.02 Å². The highest BCUT2D eigenvalue weighted by Crippen LogP contribution is 2.27. The van der Waals surface area contributed by atoms with Gasteiger partial charge in [-0.3, -0.25) is 4.79 Å².